The quantitative estimate of drug-likeness (QED) is 0.488. The third kappa shape index (κ3) is 7.30. The molecule has 22 heavy (non-hydrogen) atoms. The molecule has 1 saturated carbocycles. The van der Waals surface area contributed by atoms with Gasteiger partial charge in [-0.15, -0.1) is 4.20 Å². The van der Waals surface area contributed by atoms with Crippen molar-refractivity contribution in [2.45, 2.75) is 18.7 Å². The van der Waals surface area contributed by atoms with Crippen molar-refractivity contribution in [2.24, 2.45) is 11.8 Å². The first-order chi connectivity index (χ1) is 9.84. The molecular formula is C8H15BF3O7P3. The van der Waals surface area contributed by atoms with Gasteiger partial charge in [0.05, 0.1) is 14.5 Å². The van der Waals surface area contributed by atoms with Crippen LogP contribution in [0.25, 0.3) is 0 Å². The van der Waals surface area contributed by atoms with E-state index in [2.05, 4.69) is 8.83 Å². The molecule has 1 fully saturated rings. The van der Waals surface area contributed by atoms with Crippen LogP contribution in [0.3, 0.4) is 0 Å². The monoisotopic (exact) mass is 384 g/mol. The highest BCUT2D eigenvalue weighted by Crippen LogP contribution is 2.71. The van der Waals surface area contributed by atoms with Gasteiger partial charge in [-0.2, -0.15) is 12.7 Å². The molecule has 6 atom stereocenters. The van der Waals surface area contributed by atoms with Gasteiger partial charge in [-0.25, -0.2) is 4.57 Å². The highest BCUT2D eigenvalue weighted by atomic mass is 31.3. The molecule has 2 radical (unpaired) electrons. The zero-order chi connectivity index (χ0) is 17.2. The average Bonchev–Trinajstić information content (AvgIpc) is 2.62. The van der Waals surface area contributed by atoms with Gasteiger partial charge in [-0.3, -0.25) is 13.7 Å². The second-order valence-corrected chi connectivity index (χ2v) is 10.4. The van der Waals surface area contributed by atoms with Crippen molar-refractivity contribution in [3.05, 3.63) is 0 Å². The van der Waals surface area contributed by atoms with E-state index in [9.17, 15) is 26.3 Å². The largest absolute Gasteiger partial charge is 0.520 e. The summed E-state index contributed by atoms with van der Waals surface area (Å²) in [6.07, 6.45) is 0.758. The van der Waals surface area contributed by atoms with E-state index in [0.29, 0.717) is 12.8 Å². The Bertz CT molecular complexity index is 529. The Hall–Kier alpha value is 0.385. The topological polar surface area (TPSA) is 110 Å². The minimum atomic E-state index is -5.76. The summed E-state index contributed by atoms with van der Waals surface area (Å²) in [7, 11) is -11.4. The predicted octanol–water partition coefficient (Wildman–Crippen LogP) is 3.35. The molecule has 0 spiro atoms. The lowest BCUT2D eigenvalue weighted by molar-refractivity contribution is 0.135. The second kappa shape index (κ2) is 7.52. The number of halogens is 3. The lowest BCUT2D eigenvalue weighted by Gasteiger charge is -2.19. The van der Waals surface area contributed by atoms with Crippen LogP contribution in [0.15, 0.2) is 0 Å². The zero-order valence-electron chi connectivity index (χ0n) is 11.3. The van der Waals surface area contributed by atoms with Crippen LogP contribution in [-0.4, -0.2) is 37.0 Å². The molecule has 0 aliphatic heterocycles. The molecule has 0 saturated heterocycles. The maximum Gasteiger partial charge on any atom is 0.520 e. The van der Waals surface area contributed by atoms with Crippen LogP contribution in [0.2, 0.25) is 5.82 Å². The molecular weight excluding hydrogens is 369 g/mol. The number of aliphatic hydroxyl groups excluding tert-OH is 1. The van der Waals surface area contributed by atoms with E-state index in [4.69, 9.17) is 17.8 Å². The van der Waals surface area contributed by atoms with Crippen molar-refractivity contribution >= 4 is 31.1 Å². The first-order valence-electron chi connectivity index (χ1n) is 6.16. The zero-order valence-corrected chi connectivity index (χ0v) is 13.9. The molecule has 1 aliphatic rings. The van der Waals surface area contributed by atoms with E-state index >= 15 is 0 Å². The lowest BCUT2D eigenvalue weighted by Crippen LogP contribution is -2.17. The van der Waals surface area contributed by atoms with Gasteiger partial charge < -0.3 is 10.00 Å². The summed E-state index contributed by atoms with van der Waals surface area (Å²) in [4.78, 5) is 8.25. The fourth-order valence-electron chi connectivity index (χ4n) is 2.27. The normalized spacial score (nSPS) is 33.8. The summed E-state index contributed by atoms with van der Waals surface area (Å²) in [5, 5.41) is 9.09. The molecule has 0 bridgehead atoms. The molecule has 14 heteroatoms. The summed E-state index contributed by atoms with van der Waals surface area (Å²) in [5.41, 5.74) is 0. The van der Waals surface area contributed by atoms with Crippen LogP contribution in [-0.2, 0) is 22.5 Å². The predicted molar refractivity (Wildman–Crippen MR) is 73.1 cm³/mol. The fourth-order valence-corrected chi connectivity index (χ4v) is 6.34. The maximum atomic E-state index is 13.5. The van der Waals surface area contributed by atoms with Gasteiger partial charge in [0.15, 0.2) is 5.90 Å². The van der Waals surface area contributed by atoms with Gasteiger partial charge in [0.2, 0.25) is 0 Å². The molecule has 0 aromatic rings. The van der Waals surface area contributed by atoms with Crippen LogP contribution in [0.4, 0.5) is 12.6 Å². The number of hydrogen-bond acceptors (Lipinski definition) is 6. The van der Waals surface area contributed by atoms with E-state index in [1.165, 1.54) is 0 Å². The molecule has 2 N–H and O–H groups in total. The van der Waals surface area contributed by atoms with Gasteiger partial charge in [0.25, 0.3) is 0 Å². The van der Waals surface area contributed by atoms with E-state index in [1.54, 1.807) is 0 Å². The van der Waals surface area contributed by atoms with Crippen LogP contribution in [0, 0.1) is 11.8 Å². The Morgan fingerprint density at radius 3 is 2.18 bits per heavy atom. The summed E-state index contributed by atoms with van der Waals surface area (Å²) in [5.74, 6) is -3.21. The van der Waals surface area contributed by atoms with Crippen LogP contribution in [0.1, 0.15) is 12.8 Å². The van der Waals surface area contributed by atoms with Crippen molar-refractivity contribution in [3.63, 3.8) is 0 Å². The Kier molecular flexibility index (Phi) is 6.98. The minimum Gasteiger partial charge on any atom is -0.396 e. The van der Waals surface area contributed by atoms with Gasteiger partial charge in [0, 0.05) is 6.61 Å². The molecule has 0 amide bonds. The van der Waals surface area contributed by atoms with Crippen molar-refractivity contribution in [1.82, 2.24) is 0 Å². The SMILES string of the molecule is [B]C1CC(CO)C(COP(=O)(F)OP(=O)(F)CP(=O)(O)F)C1. The average molecular weight is 384 g/mol. The molecule has 128 valence electrons. The third-order valence-electron chi connectivity index (χ3n) is 3.12. The molecule has 6 unspecified atom stereocenters. The van der Waals surface area contributed by atoms with Gasteiger partial charge in [0.1, 0.15) is 0 Å². The lowest BCUT2D eigenvalue weighted by atomic mass is 9.85. The summed E-state index contributed by atoms with van der Waals surface area (Å²) >= 11 is 0. The first kappa shape index (κ1) is 20.4. The van der Waals surface area contributed by atoms with E-state index in [-0.39, 0.29) is 18.3 Å². The highest BCUT2D eigenvalue weighted by Gasteiger charge is 2.43. The van der Waals surface area contributed by atoms with E-state index in [0.717, 1.165) is 0 Å². The van der Waals surface area contributed by atoms with Crippen LogP contribution >= 0.6 is 23.3 Å². The van der Waals surface area contributed by atoms with Crippen molar-refractivity contribution in [1.29, 1.82) is 0 Å². The first-order valence-corrected chi connectivity index (χ1v) is 11.0. The van der Waals surface area contributed by atoms with Crippen LogP contribution in [0.5, 0.6) is 0 Å². The van der Waals surface area contributed by atoms with Gasteiger partial charge in [-0.05, 0) is 11.8 Å². The second-order valence-electron chi connectivity index (χ2n) is 5.09. The fraction of sp³-hybridized carbons (Fsp3) is 1.00. The molecule has 0 aromatic heterocycles. The summed E-state index contributed by atoms with van der Waals surface area (Å²) in [6.45, 7) is -0.824. The van der Waals surface area contributed by atoms with Gasteiger partial charge in [-0.1, -0.05) is 18.7 Å². The Morgan fingerprint density at radius 2 is 1.68 bits per heavy atom. The summed E-state index contributed by atoms with van der Waals surface area (Å²) in [6, 6.07) is 0. The third-order valence-corrected chi connectivity index (χ3v) is 8.08. The smallest absolute Gasteiger partial charge is 0.396 e. The number of hydrogen-bond donors (Lipinski definition) is 2. The standard InChI is InChI=1S/C8H15BF3O7P3/c9-8-1-6(3-13)7(2-8)4-18-22(12,17)19-21(11,16)5-20(10,14)15/h6-8,13H,1-5H2,(H,14,15). The Balaban J connectivity index is 2.59. The van der Waals surface area contributed by atoms with Crippen LogP contribution < -0.4 is 0 Å². The van der Waals surface area contributed by atoms with E-state index < -0.39 is 41.7 Å². The van der Waals surface area contributed by atoms with Crippen molar-refractivity contribution < 1.29 is 45.1 Å². The van der Waals surface area contributed by atoms with Gasteiger partial charge >= 0.3 is 23.3 Å². The van der Waals surface area contributed by atoms with Crippen molar-refractivity contribution in [3.8, 4) is 0 Å². The maximum absolute atomic E-state index is 13.5. The summed E-state index contributed by atoms with van der Waals surface area (Å²) < 4.78 is 79.2. The van der Waals surface area contributed by atoms with E-state index in [1.807, 2.05) is 0 Å². The molecule has 0 heterocycles. The Morgan fingerprint density at radius 1 is 1.14 bits per heavy atom. The number of aliphatic hydroxyl groups is 1. The molecule has 1 aliphatic carbocycles. The highest BCUT2D eigenvalue weighted by molar-refractivity contribution is 7.74. The minimum absolute atomic E-state index is 0.268. The molecule has 1 rings (SSSR count). The molecule has 0 aromatic carbocycles. The Labute approximate surface area is 126 Å². The number of rotatable bonds is 8. The van der Waals surface area contributed by atoms with Crippen molar-refractivity contribution in [2.75, 3.05) is 19.1 Å². The molecule has 7 nitrogen and oxygen atoms in total.